The topological polar surface area (TPSA) is 86.7 Å². The van der Waals surface area contributed by atoms with Gasteiger partial charge in [0.05, 0.1) is 21.7 Å². The van der Waals surface area contributed by atoms with Crippen molar-refractivity contribution in [2.24, 2.45) is 4.99 Å². The third-order valence-corrected chi connectivity index (χ3v) is 5.34. The Balaban J connectivity index is 1.89. The molecule has 3 rings (SSSR count). The SMILES string of the molecule is CCOCCn1c(=NC(=O)/C=C/c2ccc([N+](=O)[O-])cc2)sc2cccc(C)c21. The molecule has 0 aliphatic heterocycles. The van der Waals surface area contributed by atoms with Crippen LogP contribution in [0.3, 0.4) is 0 Å². The molecular formula is C21H21N3O4S. The Kier molecular flexibility index (Phi) is 6.69. The van der Waals surface area contributed by atoms with Gasteiger partial charge in [-0.15, -0.1) is 0 Å². The van der Waals surface area contributed by atoms with E-state index >= 15 is 0 Å². The molecule has 0 saturated heterocycles. The fraction of sp³-hybridized carbons (Fsp3) is 0.238. The van der Waals surface area contributed by atoms with Gasteiger partial charge in [0.15, 0.2) is 4.80 Å². The first kappa shape index (κ1) is 20.6. The third-order valence-electron chi connectivity index (χ3n) is 4.29. The van der Waals surface area contributed by atoms with Gasteiger partial charge in [-0.1, -0.05) is 23.5 Å². The van der Waals surface area contributed by atoms with Gasteiger partial charge in [0.2, 0.25) is 0 Å². The molecule has 29 heavy (non-hydrogen) atoms. The van der Waals surface area contributed by atoms with Crippen LogP contribution >= 0.6 is 11.3 Å². The highest BCUT2D eigenvalue weighted by molar-refractivity contribution is 7.16. The maximum Gasteiger partial charge on any atom is 0.272 e. The maximum atomic E-state index is 12.4. The lowest BCUT2D eigenvalue weighted by Gasteiger charge is -2.07. The molecule has 0 N–H and O–H groups in total. The molecule has 8 heteroatoms. The Labute approximate surface area is 171 Å². The van der Waals surface area contributed by atoms with Crippen LogP contribution in [-0.2, 0) is 16.1 Å². The number of amides is 1. The Hall–Kier alpha value is -3.10. The number of carbonyl (C=O) groups is 1. The first-order chi connectivity index (χ1) is 14.0. The van der Waals surface area contributed by atoms with Crippen LogP contribution in [0.2, 0.25) is 0 Å². The minimum absolute atomic E-state index is 0.00847. The number of aromatic nitrogens is 1. The van der Waals surface area contributed by atoms with E-state index in [1.165, 1.54) is 29.5 Å². The van der Waals surface area contributed by atoms with E-state index in [1.54, 1.807) is 18.2 Å². The van der Waals surface area contributed by atoms with Crippen LogP contribution in [0, 0.1) is 17.0 Å². The fourth-order valence-corrected chi connectivity index (χ4v) is 4.05. The minimum Gasteiger partial charge on any atom is -0.380 e. The van der Waals surface area contributed by atoms with E-state index in [1.807, 2.05) is 36.6 Å². The summed E-state index contributed by atoms with van der Waals surface area (Å²) in [6, 6.07) is 12.0. The Morgan fingerprint density at radius 1 is 1.28 bits per heavy atom. The number of nitro groups is 1. The van der Waals surface area contributed by atoms with Gasteiger partial charge in [0.1, 0.15) is 0 Å². The fourth-order valence-electron chi connectivity index (χ4n) is 2.91. The molecule has 0 fully saturated rings. The number of hydrogen-bond acceptors (Lipinski definition) is 5. The maximum absolute atomic E-state index is 12.4. The van der Waals surface area contributed by atoms with Crippen molar-refractivity contribution in [2.75, 3.05) is 13.2 Å². The van der Waals surface area contributed by atoms with Crippen molar-refractivity contribution in [1.82, 2.24) is 4.57 Å². The number of hydrogen-bond donors (Lipinski definition) is 0. The highest BCUT2D eigenvalue weighted by Gasteiger charge is 2.09. The molecule has 7 nitrogen and oxygen atoms in total. The van der Waals surface area contributed by atoms with E-state index in [0.717, 1.165) is 15.8 Å². The van der Waals surface area contributed by atoms with E-state index in [4.69, 9.17) is 4.74 Å². The lowest BCUT2D eigenvalue weighted by atomic mass is 10.2. The molecule has 3 aromatic rings. The number of aryl methyl sites for hydroxylation is 1. The lowest BCUT2D eigenvalue weighted by molar-refractivity contribution is -0.384. The molecule has 0 bridgehead atoms. The number of carbonyl (C=O) groups excluding carboxylic acids is 1. The molecule has 0 unspecified atom stereocenters. The average molecular weight is 411 g/mol. The van der Waals surface area contributed by atoms with Gasteiger partial charge in [-0.2, -0.15) is 4.99 Å². The van der Waals surface area contributed by atoms with Crippen molar-refractivity contribution in [2.45, 2.75) is 20.4 Å². The Morgan fingerprint density at radius 2 is 2.03 bits per heavy atom. The Bertz CT molecular complexity index is 1130. The van der Waals surface area contributed by atoms with Crippen molar-refractivity contribution in [3.63, 3.8) is 0 Å². The van der Waals surface area contributed by atoms with E-state index in [0.29, 0.717) is 30.1 Å². The smallest absolute Gasteiger partial charge is 0.272 e. The molecule has 0 aliphatic rings. The molecule has 0 atom stereocenters. The predicted molar refractivity (Wildman–Crippen MR) is 114 cm³/mol. The highest BCUT2D eigenvalue weighted by Crippen LogP contribution is 2.21. The monoisotopic (exact) mass is 411 g/mol. The van der Waals surface area contributed by atoms with Gasteiger partial charge >= 0.3 is 0 Å². The molecule has 1 amide bonds. The van der Waals surface area contributed by atoms with Crippen molar-refractivity contribution in [1.29, 1.82) is 0 Å². The summed E-state index contributed by atoms with van der Waals surface area (Å²) >= 11 is 1.46. The van der Waals surface area contributed by atoms with E-state index in [9.17, 15) is 14.9 Å². The summed E-state index contributed by atoms with van der Waals surface area (Å²) in [4.78, 5) is 27.5. The molecule has 0 spiro atoms. The number of para-hydroxylation sites is 1. The molecule has 0 aliphatic carbocycles. The van der Waals surface area contributed by atoms with Crippen LogP contribution in [-0.4, -0.2) is 28.6 Å². The summed E-state index contributed by atoms with van der Waals surface area (Å²) in [5.41, 5.74) is 2.87. The number of fused-ring (bicyclic) bond motifs is 1. The van der Waals surface area contributed by atoms with E-state index in [-0.39, 0.29) is 5.69 Å². The highest BCUT2D eigenvalue weighted by atomic mass is 32.1. The summed E-state index contributed by atoms with van der Waals surface area (Å²) in [6.07, 6.45) is 2.96. The zero-order valence-corrected chi connectivity index (χ0v) is 17.0. The zero-order valence-electron chi connectivity index (χ0n) is 16.2. The van der Waals surface area contributed by atoms with Gasteiger partial charge < -0.3 is 9.30 Å². The first-order valence-electron chi connectivity index (χ1n) is 9.17. The van der Waals surface area contributed by atoms with Crippen LogP contribution in [0.15, 0.2) is 53.5 Å². The predicted octanol–water partition coefficient (Wildman–Crippen LogP) is 4.10. The number of thiazole rings is 1. The normalized spacial score (nSPS) is 12.1. The standard InChI is InChI=1S/C21H21N3O4S/c1-3-28-14-13-23-20-15(2)5-4-6-18(20)29-21(23)22-19(25)12-9-16-7-10-17(11-8-16)24(26)27/h4-12H,3,13-14H2,1-2H3/b12-9+,22-21?. The summed E-state index contributed by atoms with van der Waals surface area (Å²) in [6.45, 7) is 5.75. The van der Waals surface area contributed by atoms with Gasteiger partial charge in [-0.05, 0) is 49.2 Å². The van der Waals surface area contributed by atoms with Crippen molar-refractivity contribution in [3.8, 4) is 0 Å². The molecule has 150 valence electrons. The summed E-state index contributed by atoms with van der Waals surface area (Å²) in [5, 5.41) is 10.7. The van der Waals surface area contributed by atoms with Gasteiger partial charge in [0.25, 0.3) is 11.6 Å². The number of ether oxygens (including phenoxy) is 1. The Morgan fingerprint density at radius 3 is 2.72 bits per heavy atom. The van der Waals surface area contributed by atoms with Crippen LogP contribution in [0.4, 0.5) is 5.69 Å². The number of rotatable bonds is 7. The molecule has 0 radical (unpaired) electrons. The number of nitrogens with zero attached hydrogens (tertiary/aromatic N) is 3. The first-order valence-corrected chi connectivity index (χ1v) is 9.99. The molecule has 2 aromatic carbocycles. The van der Waals surface area contributed by atoms with Crippen molar-refractivity contribution in [3.05, 3.63) is 74.6 Å². The number of non-ortho nitro benzene ring substituents is 1. The molecular weight excluding hydrogens is 390 g/mol. The van der Waals surface area contributed by atoms with Crippen LogP contribution < -0.4 is 4.80 Å². The number of nitro benzene ring substituents is 1. The van der Waals surface area contributed by atoms with Crippen molar-refractivity contribution >= 4 is 39.2 Å². The second-order valence-electron chi connectivity index (χ2n) is 6.29. The largest absolute Gasteiger partial charge is 0.380 e. The minimum atomic E-state index is -0.460. The summed E-state index contributed by atoms with van der Waals surface area (Å²) in [7, 11) is 0. The summed E-state index contributed by atoms with van der Waals surface area (Å²) in [5.74, 6) is -0.391. The van der Waals surface area contributed by atoms with Gasteiger partial charge in [-0.25, -0.2) is 0 Å². The second-order valence-corrected chi connectivity index (χ2v) is 7.30. The molecule has 1 aromatic heterocycles. The molecule has 0 saturated carbocycles. The van der Waals surface area contributed by atoms with Gasteiger partial charge in [0, 0.05) is 31.4 Å². The zero-order chi connectivity index (χ0) is 20.8. The van der Waals surface area contributed by atoms with Crippen LogP contribution in [0.25, 0.3) is 16.3 Å². The van der Waals surface area contributed by atoms with E-state index < -0.39 is 10.8 Å². The quantitative estimate of drug-likeness (QED) is 0.253. The third kappa shape index (κ3) is 5.04. The van der Waals surface area contributed by atoms with Crippen LogP contribution in [0.1, 0.15) is 18.1 Å². The lowest BCUT2D eigenvalue weighted by Crippen LogP contribution is -2.19. The van der Waals surface area contributed by atoms with Crippen molar-refractivity contribution < 1.29 is 14.5 Å². The number of benzene rings is 2. The van der Waals surface area contributed by atoms with E-state index in [2.05, 4.69) is 4.99 Å². The second kappa shape index (κ2) is 9.40. The summed E-state index contributed by atoms with van der Waals surface area (Å²) < 4.78 is 8.56. The van der Waals surface area contributed by atoms with Gasteiger partial charge in [-0.3, -0.25) is 14.9 Å². The molecule has 1 heterocycles. The van der Waals surface area contributed by atoms with Crippen LogP contribution in [0.5, 0.6) is 0 Å². The average Bonchev–Trinajstić information content (AvgIpc) is 3.05.